The first-order valence-electron chi connectivity index (χ1n) is 6.94. The zero-order valence-corrected chi connectivity index (χ0v) is 15.9. The van der Waals surface area contributed by atoms with Crippen LogP contribution in [0.25, 0.3) is 0 Å². The van der Waals surface area contributed by atoms with Crippen molar-refractivity contribution in [2.45, 2.75) is 6.92 Å². The average Bonchev–Trinajstić information content (AvgIpc) is 2.50. The molecule has 0 bridgehead atoms. The number of nitrogens with zero attached hydrogens (tertiary/aromatic N) is 1. The van der Waals surface area contributed by atoms with Crippen molar-refractivity contribution in [1.29, 1.82) is 0 Å². The molecule has 0 aromatic heterocycles. The maximum atomic E-state index is 12.4. The van der Waals surface area contributed by atoms with E-state index in [1.807, 2.05) is 31.2 Å². The topological polar surface area (TPSA) is 49.4 Å². The Morgan fingerprint density at radius 2 is 1.83 bits per heavy atom. The second-order valence-electron chi connectivity index (χ2n) is 5.15. The van der Waals surface area contributed by atoms with Gasteiger partial charge in [-0.2, -0.15) is 0 Å². The minimum Gasteiger partial charge on any atom is -0.332 e. The van der Waals surface area contributed by atoms with Crippen molar-refractivity contribution < 1.29 is 9.59 Å². The first kappa shape index (κ1) is 17.7. The fourth-order valence-corrected chi connectivity index (χ4v) is 3.01. The van der Waals surface area contributed by atoms with E-state index in [4.69, 9.17) is 0 Å². The van der Waals surface area contributed by atoms with Gasteiger partial charge in [0.25, 0.3) is 5.91 Å². The molecule has 0 saturated heterocycles. The second kappa shape index (κ2) is 7.75. The summed E-state index contributed by atoms with van der Waals surface area (Å²) in [5, 5.41) is 2.82. The number of carbonyl (C=O) groups is 2. The van der Waals surface area contributed by atoms with Crippen molar-refractivity contribution in [3.8, 4) is 0 Å². The smallest absolute Gasteiger partial charge is 0.255 e. The monoisotopic (exact) mass is 438 g/mol. The quantitative estimate of drug-likeness (QED) is 0.774. The zero-order chi connectivity index (χ0) is 17.0. The molecule has 0 aliphatic rings. The van der Waals surface area contributed by atoms with Crippen LogP contribution >= 0.6 is 31.9 Å². The van der Waals surface area contributed by atoms with Crippen LogP contribution in [0.3, 0.4) is 0 Å². The highest BCUT2D eigenvalue weighted by Crippen LogP contribution is 2.20. The number of amides is 2. The Hall–Kier alpha value is -1.66. The van der Waals surface area contributed by atoms with Crippen molar-refractivity contribution in [2.75, 3.05) is 18.9 Å². The molecule has 2 aromatic rings. The third kappa shape index (κ3) is 4.65. The fraction of sp³-hybridized carbons (Fsp3) is 0.176. The lowest BCUT2D eigenvalue weighted by molar-refractivity contribution is -0.116. The molecule has 2 aromatic carbocycles. The number of aryl methyl sites for hydroxylation is 1. The maximum absolute atomic E-state index is 12.4. The molecule has 0 spiro atoms. The fourth-order valence-electron chi connectivity index (χ4n) is 2.08. The minimum atomic E-state index is -0.238. The first-order chi connectivity index (χ1) is 10.9. The molecular formula is C17H16Br2N2O2. The van der Waals surface area contributed by atoms with Gasteiger partial charge in [-0.3, -0.25) is 9.59 Å². The zero-order valence-electron chi connectivity index (χ0n) is 12.8. The highest BCUT2D eigenvalue weighted by atomic mass is 79.9. The van der Waals surface area contributed by atoms with Crippen LogP contribution in [0.1, 0.15) is 15.9 Å². The summed E-state index contributed by atoms with van der Waals surface area (Å²) in [6.07, 6.45) is 0. The van der Waals surface area contributed by atoms with E-state index in [-0.39, 0.29) is 18.4 Å². The summed E-state index contributed by atoms with van der Waals surface area (Å²) in [6.45, 7) is 1.89. The maximum Gasteiger partial charge on any atom is 0.255 e. The Morgan fingerprint density at radius 1 is 1.13 bits per heavy atom. The van der Waals surface area contributed by atoms with Crippen molar-refractivity contribution in [1.82, 2.24) is 4.90 Å². The predicted molar refractivity (Wildman–Crippen MR) is 98.6 cm³/mol. The lowest BCUT2D eigenvalue weighted by Crippen LogP contribution is -2.35. The third-order valence-electron chi connectivity index (χ3n) is 3.29. The molecule has 120 valence electrons. The van der Waals surface area contributed by atoms with E-state index in [1.54, 1.807) is 25.2 Å². The van der Waals surface area contributed by atoms with Crippen LogP contribution in [-0.2, 0) is 4.79 Å². The van der Waals surface area contributed by atoms with Gasteiger partial charge >= 0.3 is 0 Å². The number of likely N-dealkylation sites (N-methyl/N-ethyl adjacent to an activating group) is 1. The van der Waals surface area contributed by atoms with Gasteiger partial charge in [0.2, 0.25) is 5.91 Å². The van der Waals surface area contributed by atoms with Gasteiger partial charge in [0.05, 0.1) is 12.1 Å². The van der Waals surface area contributed by atoms with Gasteiger partial charge in [-0.25, -0.2) is 0 Å². The molecule has 2 rings (SSSR count). The van der Waals surface area contributed by atoms with E-state index < -0.39 is 0 Å². The van der Waals surface area contributed by atoms with Gasteiger partial charge in [-0.05, 0) is 58.7 Å². The Kier molecular flexibility index (Phi) is 5.96. The van der Waals surface area contributed by atoms with Crippen molar-refractivity contribution in [2.24, 2.45) is 0 Å². The Balaban J connectivity index is 2.02. The van der Waals surface area contributed by atoms with Gasteiger partial charge in [-0.15, -0.1) is 0 Å². The summed E-state index contributed by atoms with van der Waals surface area (Å²) in [7, 11) is 1.61. The van der Waals surface area contributed by atoms with E-state index in [9.17, 15) is 9.59 Å². The molecule has 0 unspecified atom stereocenters. The van der Waals surface area contributed by atoms with Crippen LogP contribution < -0.4 is 5.32 Å². The average molecular weight is 440 g/mol. The van der Waals surface area contributed by atoms with Crippen molar-refractivity contribution in [3.63, 3.8) is 0 Å². The number of carbonyl (C=O) groups excluding carboxylic acids is 2. The molecule has 4 nitrogen and oxygen atoms in total. The molecule has 0 saturated carbocycles. The molecule has 6 heteroatoms. The number of benzene rings is 2. The number of anilines is 1. The van der Waals surface area contributed by atoms with E-state index >= 15 is 0 Å². The molecule has 0 atom stereocenters. The number of nitrogens with one attached hydrogen (secondary N) is 1. The molecule has 0 aliphatic heterocycles. The number of rotatable bonds is 4. The van der Waals surface area contributed by atoms with E-state index in [0.29, 0.717) is 10.0 Å². The Bertz CT molecular complexity index is 747. The molecular weight excluding hydrogens is 424 g/mol. The molecule has 1 N–H and O–H groups in total. The van der Waals surface area contributed by atoms with Gasteiger partial charge in [0.1, 0.15) is 0 Å². The van der Waals surface area contributed by atoms with E-state index in [1.165, 1.54) is 4.90 Å². The third-order valence-corrected chi connectivity index (χ3v) is 4.48. The first-order valence-corrected chi connectivity index (χ1v) is 8.53. The summed E-state index contributed by atoms with van der Waals surface area (Å²) < 4.78 is 1.66. The highest BCUT2D eigenvalue weighted by molar-refractivity contribution is 9.10. The SMILES string of the molecule is Cc1cc(Br)ccc1NC(=O)CN(C)C(=O)c1ccccc1Br. The van der Waals surface area contributed by atoms with E-state index in [2.05, 4.69) is 37.2 Å². The summed E-state index contributed by atoms with van der Waals surface area (Å²) in [5.74, 6) is -0.446. The Labute approximate surface area is 152 Å². The van der Waals surface area contributed by atoms with Crippen LogP contribution in [0, 0.1) is 6.92 Å². The number of hydrogen-bond acceptors (Lipinski definition) is 2. The van der Waals surface area contributed by atoms with Gasteiger partial charge in [0, 0.05) is 21.7 Å². The van der Waals surface area contributed by atoms with Crippen LogP contribution in [0.5, 0.6) is 0 Å². The van der Waals surface area contributed by atoms with Crippen LogP contribution in [0.4, 0.5) is 5.69 Å². The second-order valence-corrected chi connectivity index (χ2v) is 6.92. The van der Waals surface area contributed by atoms with Gasteiger partial charge in [-0.1, -0.05) is 28.1 Å². The summed E-state index contributed by atoms with van der Waals surface area (Å²) in [4.78, 5) is 25.9. The van der Waals surface area contributed by atoms with Crippen LogP contribution in [0.15, 0.2) is 51.4 Å². The Morgan fingerprint density at radius 3 is 2.48 bits per heavy atom. The largest absolute Gasteiger partial charge is 0.332 e. The predicted octanol–water partition coefficient (Wildman–Crippen LogP) is 4.23. The van der Waals surface area contributed by atoms with E-state index in [0.717, 1.165) is 15.7 Å². The summed E-state index contributed by atoms with van der Waals surface area (Å²) in [6, 6.07) is 12.8. The number of halogens is 2. The normalized spacial score (nSPS) is 10.3. The number of hydrogen-bond donors (Lipinski definition) is 1. The standard InChI is InChI=1S/C17H16Br2N2O2/c1-11-9-12(18)7-8-15(11)20-16(22)10-21(2)17(23)13-5-3-4-6-14(13)19/h3-9H,10H2,1-2H3,(H,20,22). The molecule has 23 heavy (non-hydrogen) atoms. The molecule has 2 amide bonds. The molecule has 0 heterocycles. The van der Waals surface area contributed by atoms with Crippen molar-refractivity contribution >= 4 is 49.4 Å². The summed E-state index contributed by atoms with van der Waals surface area (Å²) >= 11 is 6.73. The van der Waals surface area contributed by atoms with Crippen LogP contribution in [-0.4, -0.2) is 30.3 Å². The molecule has 0 radical (unpaired) electrons. The molecule has 0 aliphatic carbocycles. The van der Waals surface area contributed by atoms with Gasteiger partial charge < -0.3 is 10.2 Å². The lowest BCUT2D eigenvalue weighted by Gasteiger charge is -2.18. The summed E-state index contributed by atoms with van der Waals surface area (Å²) in [5.41, 5.74) is 2.22. The van der Waals surface area contributed by atoms with Crippen molar-refractivity contribution in [3.05, 3.63) is 62.5 Å². The van der Waals surface area contributed by atoms with Gasteiger partial charge in [0.15, 0.2) is 0 Å². The minimum absolute atomic E-state index is 0.0182. The van der Waals surface area contributed by atoms with Crippen LogP contribution in [0.2, 0.25) is 0 Å². The molecule has 0 fully saturated rings. The highest BCUT2D eigenvalue weighted by Gasteiger charge is 2.17. The lowest BCUT2D eigenvalue weighted by atomic mass is 10.2.